The summed E-state index contributed by atoms with van der Waals surface area (Å²) in [6.45, 7) is 2.61. The van der Waals surface area contributed by atoms with Crippen molar-refractivity contribution >= 4 is 0 Å². The Labute approximate surface area is 153 Å². The number of hydrogen-bond donors (Lipinski definition) is 0. The average Bonchev–Trinajstić information content (AvgIpc) is 2.68. The number of piperidine rings is 1. The van der Waals surface area contributed by atoms with Crippen molar-refractivity contribution in [3.05, 3.63) is 58.8 Å². The molecule has 0 spiro atoms. The van der Waals surface area contributed by atoms with E-state index in [2.05, 4.69) is 28.1 Å². The maximum atomic E-state index is 12.1. The zero-order chi connectivity index (χ0) is 17.9. The molecule has 4 rings (SSSR count). The number of methoxy groups -OCH3 is 1. The maximum Gasteiger partial charge on any atom is 0.347 e. The number of fused-ring (bicyclic) bond motifs is 1. The number of hydrogen-bond acceptors (Lipinski definition) is 5. The fourth-order valence-corrected chi connectivity index (χ4v) is 4.10. The van der Waals surface area contributed by atoms with E-state index in [1.54, 1.807) is 17.7 Å². The van der Waals surface area contributed by atoms with Gasteiger partial charge in [-0.05, 0) is 37.0 Å². The zero-order valence-electron chi connectivity index (χ0n) is 15.1. The van der Waals surface area contributed by atoms with E-state index < -0.39 is 0 Å². The molecule has 2 aromatic rings. The van der Waals surface area contributed by atoms with Crippen LogP contribution in [0.3, 0.4) is 0 Å². The molecule has 0 amide bonds. The van der Waals surface area contributed by atoms with Crippen molar-refractivity contribution in [3.63, 3.8) is 0 Å². The molecule has 138 valence electrons. The normalized spacial score (nSPS) is 26.1. The van der Waals surface area contributed by atoms with Gasteiger partial charge in [-0.2, -0.15) is 0 Å². The van der Waals surface area contributed by atoms with Crippen molar-refractivity contribution in [2.24, 2.45) is 0 Å². The van der Waals surface area contributed by atoms with E-state index in [1.807, 2.05) is 12.3 Å². The molecule has 0 aliphatic carbocycles. The largest absolute Gasteiger partial charge is 0.489 e. The van der Waals surface area contributed by atoms with Crippen LogP contribution in [0.15, 0.2) is 47.5 Å². The molecule has 26 heavy (non-hydrogen) atoms. The molecule has 6 nitrogen and oxygen atoms in total. The maximum absolute atomic E-state index is 12.1. The Morgan fingerprint density at radius 2 is 2.15 bits per heavy atom. The predicted molar refractivity (Wildman–Crippen MR) is 98.6 cm³/mol. The lowest BCUT2D eigenvalue weighted by atomic mass is 9.98. The number of benzene rings is 1. The van der Waals surface area contributed by atoms with Crippen LogP contribution in [0.1, 0.15) is 24.4 Å². The van der Waals surface area contributed by atoms with E-state index in [1.165, 1.54) is 11.8 Å². The highest BCUT2D eigenvalue weighted by Gasteiger charge is 2.33. The van der Waals surface area contributed by atoms with Gasteiger partial charge in [0, 0.05) is 39.1 Å². The minimum Gasteiger partial charge on any atom is -0.489 e. The number of nitrogens with zero attached hydrogens (tertiary/aromatic N) is 3. The van der Waals surface area contributed by atoms with Crippen LogP contribution in [-0.4, -0.2) is 53.4 Å². The topological polar surface area (TPSA) is 56.6 Å². The summed E-state index contributed by atoms with van der Waals surface area (Å²) in [7, 11) is 1.72. The van der Waals surface area contributed by atoms with E-state index in [4.69, 9.17) is 9.47 Å². The molecule has 2 aliphatic heterocycles. The fourth-order valence-electron chi connectivity index (χ4n) is 4.10. The van der Waals surface area contributed by atoms with Gasteiger partial charge in [0.1, 0.15) is 11.9 Å². The van der Waals surface area contributed by atoms with E-state index in [9.17, 15) is 4.79 Å². The van der Waals surface area contributed by atoms with Gasteiger partial charge in [0.15, 0.2) is 0 Å². The van der Waals surface area contributed by atoms with Crippen molar-refractivity contribution in [3.8, 4) is 5.75 Å². The van der Waals surface area contributed by atoms with E-state index in [0.29, 0.717) is 0 Å². The summed E-state index contributed by atoms with van der Waals surface area (Å²) in [6, 6.07) is 10.1. The molecule has 3 atom stereocenters. The molecule has 1 saturated heterocycles. The van der Waals surface area contributed by atoms with E-state index in [-0.39, 0.29) is 23.9 Å². The molecule has 1 fully saturated rings. The van der Waals surface area contributed by atoms with Gasteiger partial charge in [0.2, 0.25) is 0 Å². The minimum absolute atomic E-state index is 0.0264. The van der Waals surface area contributed by atoms with Gasteiger partial charge in [0.25, 0.3) is 0 Å². The first kappa shape index (κ1) is 17.2. The van der Waals surface area contributed by atoms with Gasteiger partial charge < -0.3 is 9.47 Å². The second-order valence-electron chi connectivity index (χ2n) is 7.09. The van der Waals surface area contributed by atoms with Crippen LogP contribution in [0, 0.1) is 0 Å². The lowest BCUT2D eigenvalue weighted by Crippen LogP contribution is -2.50. The lowest BCUT2D eigenvalue weighted by molar-refractivity contribution is -0.0189. The third kappa shape index (κ3) is 3.52. The quantitative estimate of drug-likeness (QED) is 0.838. The summed E-state index contributed by atoms with van der Waals surface area (Å²) < 4.78 is 13.6. The van der Waals surface area contributed by atoms with Crippen molar-refractivity contribution in [1.82, 2.24) is 14.5 Å². The average molecular weight is 355 g/mol. The molecule has 0 bridgehead atoms. The summed E-state index contributed by atoms with van der Waals surface area (Å²) in [6.07, 6.45) is 6.50. The minimum atomic E-state index is -0.208. The molecular formula is C20H25N3O3. The summed E-state index contributed by atoms with van der Waals surface area (Å²) in [5.41, 5.74) is 1.09. The van der Waals surface area contributed by atoms with E-state index >= 15 is 0 Å². The summed E-state index contributed by atoms with van der Waals surface area (Å²) >= 11 is 0. The van der Waals surface area contributed by atoms with Gasteiger partial charge in [-0.15, -0.1) is 0 Å². The van der Waals surface area contributed by atoms with Crippen molar-refractivity contribution < 1.29 is 9.47 Å². The highest BCUT2D eigenvalue weighted by atomic mass is 16.5. The monoisotopic (exact) mass is 355 g/mol. The standard InChI is InChI=1S/C20H25N3O3/c1-25-19-14-22(12-9-17(19)23-11-4-10-21-20(23)24)13-16-8-7-15-5-2-3-6-18(15)26-16/h2-6,10-11,16-17,19H,7-9,12-14H2,1H3/t16?,17-,19+/m1/s1. The molecule has 1 aromatic heterocycles. The molecular weight excluding hydrogens is 330 g/mol. The molecule has 6 heteroatoms. The first-order chi connectivity index (χ1) is 12.7. The highest BCUT2D eigenvalue weighted by Crippen LogP contribution is 2.29. The van der Waals surface area contributed by atoms with Crippen molar-refractivity contribution in [2.75, 3.05) is 26.7 Å². The third-order valence-corrected chi connectivity index (χ3v) is 5.47. The zero-order valence-corrected chi connectivity index (χ0v) is 15.1. The van der Waals surface area contributed by atoms with Crippen LogP contribution >= 0.6 is 0 Å². The number of aromatic nitrogens is 2. The number of ether oxygens (including phenoxy) is 2. The molecule has 3 heterocycles. The Morgan fingerprint density at radius 1 is 1.27 bits per heavy atom. The van der Waals surface area contributed by atoms with Crippen LogP contribution in [0.2, 0.25) is 0 Å². The summed E-state index contributed by atoms with van der Waals surface area (Å²) in [5.74, 6) is 1.02. The van der Waals surface area contributed by atoms with Gasteiger partial charge in [-0.3, -0.25) is 9.47 Å². The van der Waals surface area contributed by atoms with Crippen LogP contribution in [-0.2, 0) is 11.2 Å². The van der Waals surface area contributed by atoms with Crippen LogP contribution < -0.4 is 10.4 Å². The Hall–Kier alpha value is -2.18. The summed E-state index contributed by atoms with van der Waals surface area (Å²) in [5, 5.41) is 0. The Balaban J connectivity index is 1.40. The molecule has 2 aliphatic rings. The van der Waals surface area contributed by atoms with Gasteiger partial charge in [0.05, 0.1) is 12.1 Å². The SMILES string of the molecule is CO[C@H]1CN(CC2CCc3ccccc3O2)CC[C@H]1n1cccnc1=O. The molecule has 0 saturated carbocycles. The van der Waals surface area contributed by atoms with Crippen LogP contribution in [0.25, 0.3) is 0 Å². The first-order valence-electron chi connectivity index (χ1n) is 9.27. The Morgan fingerprint density at radius 3 is 3.00 bits per heavy atom. The third-order valence-electron chi connectivity index (χ3n) is 5.47. The Bertz CT molecular complexity index is 807. The van der Waals surface area contributed by atoms with E-state index in [0.717, 1.165) is 44.6 Å². The smallest absolute Gasteiger partial charge is 0.347 e. The van der Waals surface area contributed by atoms with Crippen LogP contribution in [0.4, 0.5) is 0 Å². The van der Waals surface area contributed by atoms with Gasteiger partial charge in [-0.1, -0.05) is 18.2 Å². The number of likely N-dealkylation sites (tertiary alicyclic amines) is 1. The number of aryl methyl sites for hydroxylation is 1. The summed E-state index contributed by atoms with van der Waals surface area (Å²) in [4.78, 5) is 18.3. The highest BCUT2D eigenvalue weighted by molar-refractivity contribution is 5.35. The first-order valence-corrected chi connectivity index (χ1v) is 9.27. The van der Waals surface area contributed by atoms with Gasteiger partial charge >= 0.3 is 5.69 Å². The van der Waals surface area contributed by atoms with Gasteiger partial charge in [-0.25, -0.2) is 9.78 Å². The fraction of sp³-hybridized carbons (Fsp3) is 0.500. The molecule has 0 N–H and O–H groups in total. The molecule has 1 unspecified atom stereocenters. The number of rotatable bonds is 4. The Kier molecular flexibility index (Phi) is 5.04. The number of para-hydroxylation sites is 1. The molecule has 1 aromatic carbocycles. The second-order valence-corrected chi connectivity index (χ2v) is 7.09. The van der Waals surface area contributed by atoms with Crippen LogP contribution in [0.5, 0.6) is 5.75 Å². The lowest BCUT2D eigenvalue weighted by Gasteiger charge is -2.40. The predicted octanol–water partition coefficient (Wildman–Crippen LogP) is 1.90. The van der Waals surface area contributed by atoms with Crippen molar-refractivity contribution in [2.45, 2.75) is 37.5 Å². The molecule has 0 radical (unpaired) electrons. The van der Waals surface area contributed by atoms with Crippen molar-refractivity contribution in [1.29, 1.82) is 0 Å². The second kappa shape index (κ2) is 7.60.